The molecule has 0 saturated heterocycles. The van der Waals surface area contributed by atoms with Crippen molar-refractivity contribution in [1.29, 1.82) is 5.26 Å². The van der Waals surface area contributed by atoms with Gasteiger partial charge in [-0.2, -0.15) is 5.26 Å². The van der Waals surface area contributed by atoms with Crippen LogP contribution >= 0.6 is 22.9 Å². The number of nitrogens with one attached hydrogen (secondary N) is 1. The molecule has 0 bridgehead atoms. The number of aromatic nitrogens is 2. The topological polar surface area (TPSA) is 118 Å². The molecule has 0 spiro atoms. The van der Waals surface area contributed by atoms with E-state index in [-0.39, 0.29) is 26.5 Å². The summed E-state index contributed by atoms with van der Waals surface area (Å²) in [6, 6.07) is 10.8. The summed E-state index contributed by atoms with van der Waals surface area (Å²) in [7, 11) is -3.91. The number of anilines is 1. The molecule has 3 heterocycles. The molecule has 1 N–H and O–H groups in total. The molecule has 4 aromatic rings. The minimum Gasteiger partial charge on any atom is -0.472 e. The van der Waals surface area contributed by atoms with E-state index >= 15 is 0 Å². The van der Waals surface area contributed by atoms with Crippen LogP contribution in [-0.4, -0.2) is 18.4 Å². The van der Waals surface area contributed by atoms with E-state index < -0.39 is 10.0 Å². The largest absolute Gasteiger partial charge is 0.472 e. The number of hydrogen-bond acceptors (Lipinski definition) is 8. The van der Waals surface area contributed by atoms with Gasteiger partial charge in [-0.05, 0) is 36.4 Å². The molecule has 0 atom stereocenters. The zero-order valence-electron chi connectivity index (χ0n) is 14.9. The van der Waals surface area contributed by atoms with Gasteiger partial charge in [0.05, 0.1) is 23.0 Å². The second kappa shape index (κ2) is 8.16. The van der Waals surface area contributed by atoms with E-state index in [1.807, 2.05) is 6.07 Å². The first-order valence-electron chi connectivity index (χ1n) is 8.30. The standard InChI is InChI=1S/C19H11ClN4O4S2/c20-17-4-3-16(18(23-17)12-5-7-27-11-12)28-15-2-1-14(9-13(15)10-21)30(25,26)24-19-22-6-8-29-19/h1-9,11H,(H,22,24). The molecule has 0 aliphatic heterocycles. The first-order chi connectivity index (χ1) is 14.5. The van der Waals surface area contributed by atoms with Gasteiger partial charge < -0.3 is 9.15 Å². The van der Waals surface area contributed by atoms with E-state index in [2.05, 4.69) is 14.7 Å². The van der Waals surface area contributed by atoms with Gasteiger partial charge in [0.25, 0.3) is 10.0 Å². The predicted octanol–water partition coefficient (Wildman–Crippen LogP) is 4.92. The lowest BCUT2D eigenvalue weighted by Gasteiger charge is -2.12. The van der Waals surface area contributed by atoms with Crippen LogP contribution in [0.25, 0.3) is 11.3 Å². The van der Waals surface area contributed by atoms with Gasteiger partial charge in [0.2, 0.25) is 0 Å². The number of pyridine rings is 1. The van der Waals surface area contributed by atoms with E-state index in [0.29, 0.717) is 17.0 Å². The smallest absolute Gasteiger partial charge is 0.263 e. The summed E-state index contributed by atoms with van der Waals surface area (Å²) in [5.41, 5.74) is 1.09. The molecular formula is C19H11ClN4O4S2. The molecule has 150 valence electrons. The van der Waals surface area contributed by atoms with E-state index in [9.17, 15) is 13.7 Å². The van der Waals surface area contributed by atoms with Crippen molar-refractivity contribution in [3.8, 4) is 28.8 Å². The molecule has 30 heavy (non-hydrogen) atoms. The Morgan fingerprint density at radius 2 is 2.03 bits per heavy atom. The Morgan fingerprint density at radius 1 is 1.20 bits per heavy atom. The van der Waals surface area contributed by atoms with Gasteiger partial charge in [-0.1, -0.05) is 11.6 Å². The number of nitrogens with zero attached hydrogens (tertiary/aromatic N) is 3. The Hall–Kier alpha value is -3.39. The van der Waals surface area contributed by atoms with Gasteiger partial charge in [0, 0.05) is 17.1 Å². The van der Waals surface area contributed by atoms with Crippen LogP contribution in [0.1, 0.15) is 5.56 Å². The first-order valence-corrected chi connectivity index (χ1v) is 11.0. The normalized spacial score (nSPS) is 11.1. The fraction of sp³-hybridized carbons (Fsp3) is 0. The molecule has 0 unspecified atom stereocenters. The predicted molar refractivity (Wildman–Crippen MR) is 111 cm³/mol. The summed E-state index contributed by atoms with van der Waals surface area (Å²) in [5.74, 6) is 0.494. The molecule has 0 amide bonds. The molecular weight excluding hydrogens is 448 g/mol. The SMILES string of the molecule is N#Cc1cc(S(=O)(=O)Nc2nccs2)ccc1Oc1ccc(Cl)nc1-c1ccoc1. The number of sulfonamides is 1. The van der Waals surface area contributed by atoms with Crippen LogP contribution in [0, 0.1) is 11.3 Å². The minimum absolute atomic E-state index is 0.0325. The average Bonchev–Trinajstić information content (AvgIpc) is 3.43. The Labute approximate surface area is 180 Å². The molecule has 11 heteroatoms. The average molecular weight is 459 g/mol. The number of furan rings is 1. The molecule has 0 saturated carbocycles. The van der Waals surface area contributed by atoms with Crippen LogP contribution in [0.2, 0.25) is 5.15 Å². The van der Waals surface area contributed by atoms with Crippen molar-refractivity contribution in [1.82, 2.24) is 9.97 Å². The number of thiazole rings is 1. The molecule has 8 nitrogen and oxygen atoms in total. The number of ether oxygens (including phenoxy) is 1. The van der Waals surface area contributed by atoms with E-state index in [4.69, 9.17) is 20.8 Å². The molecule has 4 rings (SSSR count). The van der Waals surface area contributed by atoms with Crippen molar-refractivity contribution in [3.63, 3.8) is 0 Å². The maximum atomic E-state index is 12.6. The van der Waals surface area contributed by atoms with Gasteiger partial charge >= 0.3 is 0 Å². The Morgan fingerprint density at radius 3 is 2.73 bits per heavy atom. The summed E-state index contributed by atoms with van der Waals surface area (Å²) >= 11 is 7.14. The summed E-state index contributed by atoms with van der Waals surface area (Å²) in [6.07, 6.45) is 4.45. The minimum atomic E-state index is -3.91. The van der Waals surface area contributed by atoms with Crippen molar-refractivity contribution < 1.29 is 17.6 Å². The highest BCUT2D eigenvalue weighted by atomic mass is 35.5. The van der Waals surface area contributed by atoms with Crippen molar-refractivity contribution in [2.75, 3.05) is 4.72 Å². The van der Waals surface area contributed by atoms with E-state index in [0.717, 1.165) is 11.3 Å². The number of benzene rings is 1. The van der Waals surface area contributed by atoms with Crippen molar-refractivity contribution >= 4 is 38.1 Å². The van der Waals surface area contributed by atoms with E-state index in [1.54, 1.807) is 23.6 Å². The molecule has 1 aromatic carbocycles. The van der Waals surface area contributed by atoms with Crippen LogP contribution < -0.4 is 9.46 Å². The fourth-order valence-electron chi connectivity index (χ4n) is 2.53. The number of nitriles is 1. The van der Waals surface area contributed by atoms with Gasteiger partial charge in [0.1, 0.15) is 22.7 Å². The van der Waals surface area contributed by atoms with Crippen molar-refractivity contribution in [2.24, 2.45) is 0 Å². The maximum Gasteiger partial charge on any atom is 0.263 e. The highest BCUT2D eigenvalue weighted by Crippen LogP contribution is 2.35. The Bertz CT molecular complexity index is 1330. The van der Waals surface area contributed by atoms with Crippen LogP contribution in [0.3, 0.4) is 0 Å². The molecule has 0 fully saturated rings. The maximum absolute atomic E-state index is 12.6. The lowest BCUT2D eigenvalue weighted by Crippen LogP contribution is -2.13. The van der Waals surface area contributed by atoms with Crippen molar-refractivity contribution in [3.05, 3.63) is 71.2 Å². The lowest BCUT2D eigenvalue weighted by molar-refractivity contribution is 0.480. The zero-order valence-corrected chi connectivity index (χ0v) is 17.3. The highest BCUT2D eigenvalue weighted by molar-refractivity contribution is 7.93. The first kappa shape index (κ1) is 19.9. The quantitative estimate of drug-likeness (QED) is 0.407. The number of hydrogen-bond donors (Lipinski definition) is 1. The van der Waals surface area contributed by atoms with Crippen LogP contribution in [0.5, 0.6) is 11.5 Å². The summed E-state index contributed by atoms with van der Waals surface area (Å²) in [6.45, 7) is 0. The second-order valence-corrected chi connectivity index (χ2v) is 8.77. The van der Waals surface area contributed by atoms with Gasteiger partial charge in [-0.3, -0.25) is 4.72 Å². The fourth-order valence-corrected chi connectivity index (χ4v) is 4.49. The molecule has 0 aliphatic carbocycles. The third kappa shape index (κ3) is 4.13. The highest BCUT2D eigenvalue weighted by Gasteiger charge is 2.19. The second-order valence-electron chi connectivity index (χ2n) is 5.81. The molecule has 3 aromatic heterocycles. The Kier molecular flexibility index (Phi) is 5.41. The summed E-state index contributed by atoms with van der Waals surface area (Å²) in [5, 5.41) is 11.7. The lowest BCUT2D eigenvalue weighted by atomic mass is 10.2. The van der Waals surface area contributed by atoms with Gasteiger partial charge in [-0.15, -0.1) is 11.3 Å². The molecule has 0 aliphatic rings. The zero-order chi connectivity index (χ0) is 21.1. The van der Waals surface area contributed by atoms with Crippen LogP contribution in [0.4, 0.5) is 5.13 Å². The third-order valence-corrected chi connectivity index (χ3v) is 6.24. The van der Waals surface area contributed by atoms with E-state index in [1.165, 1.54) is 36.9 Å². The van der Waals surface area contributed by atoms with Gasteiger partial charge in [-0.25, -0.2) is 18.4 Å². The van der Waals surface area contributed by atoms with Gasteiger partial charge in [0.15, 0.2) is 10.9 Å². The molecule has 0 radical (unpaired) electrons. The third-order valence-electron chi connectivity index (χ3n) is 3.87. The monoisotopic (exact) mass is 458 g/mol. The van der Waals surface area contributed by atoms with Crippen molar-refractivity contribution in [2.45, 2.75) is 4.90 Å². The van der Waals surface area contributed by atoms with Crippen LogP contribution in [-0.2, 0) is 10.0 Å². The van der Waals surface area contributed by atoms with Crippen LogP contribution in [0.15, 0.2) is 69.8 Å². The summed E-state index contributed by atoms with van der Waals surface area (Å²) < 4.78 is 38.4. The number of rotatable bonds is 6. The Balaban J connectivity index is 1.68. The summed E-state index contributed by atoms with van der Waals surface area (Å²) in [4.78, 5) is 8.06. The number of halogens is 1.